The maximum Gasteiger partial charge on any atom is 0.246 e. The van der Waals surface area contributed by atoms with Gasteiger partial charge in [-0.2, -0.15) is 0 Å². The molecule has 1 aliphatic heterocycles. The summed E-state index contributed by atoms with van der Waals surface area (Å²) in [6, 6.07) is -0.685. The monoisotopic (exact) mass is 268 g/mol. The Bertz CT molecular complexity index is 326. The summed E-state index contributed by atoms with van der Waals surface area (Å²) >= 11 is 0. The molecule has 1 fully saturated rings. The van der Waals surface area contributed by atoms with Crippen molar-refractivity contribution in [3.8, 4) is 0 Å². The third-order valence-corrected chi connectivity index (χ3v) is 3.79. The van der Waals surface area contributed by atoms with Gasteiger partial charge in [0.25, 0.3) is 0 Å². The van der Waals surface area contributed by atoms with Crippen LogP contribution < -0.4 is 5.32 Å². The number of unbranched alkanes of at least 4 members (excludes halogenated alkanes) is 1. The van der Waals surface area contributed by atoms with Crippen LogP contribution in [0.5, 0.6) is 0 Å². The van der Waals surface area contributed by atoms with Crippen LogP contribution in [0.25, 0.3) is 0 Å². The second-order valence-corrected chi connectivity index (χ2v) is 6.33. The Balaban J connectivity index is 2.57. The van der Waals surface area contributed by atoms with Gasteiger partial charge in [0.2, 0.25) is 11.8 Å². The van der Waals surface area contributed by atoms with E-state index in [1.165, 1.54) is 6.42 Å². The molecule has 2 amide bonds. The van der Waals surface area contributed by atoms with Gasteiger partial charge in [0.05, 0.1) is 0 Å². The molecule has 0 radical (unpaired) electrons. The van der Waals surface area contributed by atoms with Crippen LogP contribution in [0.4, 0.5) is 0 Å². The van der Waals surface area contributed by atoms with Crippen molar-refractivity contribution in [3.05, 3.63) is 0 Å². The minimum Gasteiger partial charge on any atom is -0.342 e. The van der Waals surface area contributed by atoms with Gasteiger partial charge in [-0.25, -0.2) is 0 Å². The third kappa shape index (κ3) is 4.22. The molecule has 0 aromatic rings. The first kappa shape index (κ1) is 16.0. The van der Waals surface area contributed by atoms with Gasteiger partial charge in [0.1, 0.15) is 12.1 Å². The number of carbonyl (C=O) groups excluding carboxylic acids is 2. The smallest absolute Gasteiger partial charge is 0.246 e. The molecule has 0 spiro atoms. The minimum absolute atomic E-state index is 0.0258. The van der Waals surface area contributed by atoms with E-state index >= 15 is 0 Å². The van der Waals surface area contributed by atoms with Crippen molar-refractivity contribution >= 4 is 11.8 Å². The van der Waals surface area contributed by atoms with E-state index in [2.05, 4.69) is 19.2 Å². The fourth-order valence-electron chi connectivity index (χ4n) is 2.44. The van der Waals surface area contributed by atoms with Gasteiger partial charge in [-0.15, -0.1) is 0 Å². The quantitative estimate of drug-likeness (QED) is 0.751. The highest BCUT2D eigenvalue weighted by molar-refractivity contribution is 5.96. The highest BCUT2D eigenvalue weighted by Gasteiger charge is 2.38. The van der Waals surface area contributed by atoms with Crippen molar-refractivity contribution in [2.24, 2.45) is 11.8 Å². The minimum atomic E-state index is -0.353. The van der Waals surface area contributed by atoms with E-state index in [-0.39, 0.29) is 29.8 Å². The van der Waals surface area contributed by atoms with Gasteiger partial charge in [0, 0.05) is 6.54 Å². The second kappa shape index (κ2) is 6.92. The highest BCUT2D eigenvalue weighted by Crippen LogP contribution is 2.17. The average Bonchev–Trinajstić information content (AvgIpc) is 2.32. The molecule has 110 valence electrons. The number of carbonyl (C=O) groups is 2. The molecular formula is C15H28N2O2. The van der Waals surface area contributed by atoms with Gasteiger partial charge in [0.15, 0.2) is 0 Å². The number of amides is 2. The Labute approximate surface area is 116 Å². The largest absolute Gasteiger partial charge is 0.342 e. The van der Waals surface area contributed by atoms with E-state index < -0.39 is 0 Å². The van der Waals surface area contributed by atoms with Crippen molar-refractivity contribution in [2.75, 3.05) is 6.54 Å². The molecule has 2 atom stereocenters. The molecule has 0 aromatic carbocycles. The number of hydrogen-bond donors (Lipinski definition) is 1. The van der Waals surface area contributed by atoms with E-state index in [0.717, 1.165) is 12.8 Å². The second-order valence-electron chi connectivity index (χ2n) is 6.33. The summed E-state index contributed by atoms with van der Waals surface area (Å²) in [6.45, 7) is 10.9. The molecule has 1 N–H and O–H groups in total. The Morgan fingerprint density at radius 1 is 1.16 bits per heavy atom. The Morgan fingerprint density at radius 2 is 1.79 bits per heavy atom. The van der Waals surface area contributed by atoms with Crippen molar-refractivity contribution in [3.63, 3.8) is 0 Å². The molecule has 1 aliphatic rings. The number of nitrogens with zero attached hydrogens (tertiary/aromatic N) is 1. The van der Waals surface area contributed by atoms with Crippen LogP contribution in [0.1, 0.15) is 53.9 Å². The predicted octanol–water partition coefficient (Wildman–Crippen LogP) is 2.18. The van der Waals surface area contributed by atoms with Crippen LogP contribution >= 0.6 is 0 Å². The van der Waals surface area contributed by atoms with E-state index in [4.69, 9.17) is 0 Å². The molecule has 1 heterocycles. The van der Waals surface area contributed by atoms with Gasteiger partial charge in [-0.3, -0.25) is 9.59 Å². The Kier molecular flexibility index (Phi) is 5.83. The average molecular weight is 268 g/mol. The Morgan fingerprint density at radius 3 is 2.32 bits per heavy atom. The molecule has 19 heavy (non-hydrogen) atoms. The predicted molar refractivity (Wildman–Crippen MR) is 76.6 cm³/mol. The summed E-state index contributed by atoms with van der Waals surface area (Å²) in [5.74, 6) is 0.886. The standard InChI is InChI=1S/C15H28N2O2/c1-10(2)8-6-7-9-17-12(5)14(18)16-13(11(3)4)15(17)19/h10-13H,6-9H2,1-5H3,(H,16,18). The number of hydrogen-bond acceptors (Lipinski definition) is 2. The van der Waals surface area contributed by atoms with Crippen LogP contribution in [0.3, 0.4) is 0 Å². The van der Waals surface area contributed by atoms with Crippen LogP contribution in [0, 0.1) is 11.8 Å². The Hall–Kier alpha value is -1.06. The van der Waals surface area contributed by atoms with Gasteiger partial charge in [-0.05, 0) is 25.2 Å². The zero-order valence-corrected chi connectivity index (χ0v) is 12.9. The highest BCUT2D eigenvalue weighted by atomic mass is 16.2. The fraction of sp³-hybridized carbons (Fsp3) is 0.867. The summed E-state index contributed by atoms with van der Waals surface area (Å²) in [5.41, 5.74) is 0. The van der Waals surface area contributed by atoms with Crippen molar-refractivity contribution in [1.29, 1.82) is 0 Å². The van der Waals surface area contributed by atoms with Gasteiger partial charge in [-0.1, -0.05) is 40.5 Å². The third-order valence-electron chi connectivity index (χ3n) is 3.79. The molecular weight excluding hydrogens is 240 g/mol. The van der Waals surface area contributed by atoms with E-state index in [1.54, 1.807) is 4.90 Å². The van der Waals surface area contributed by atoms with Gasteiger partial charge >= 0.3 is 0 Å². The lowest BCUT2D eigenvalue weighted by Gasteiger charge is -2.38. The molecule has 1 saturated heterocycles. The number of rotatable bonds is 6. The SMILES string of the molecule is CC(C)CCCCN1C(=O)C(C(C)C)NC(=O)C1C. The molecule has 4 nitrogen and oxygen atoms in total. The summed E-state index contributed by atoms with van der Waals surface area (Å²) in [4.78, 5) is 26.0. The maximum atomic E-state index is 12.4. The first-order valence-corrected chi connectivity index (χ1v) is 7.45. The van der Waals surface area contributed by atoms with E-state index in [0.29, 0.717) is 12.5 Å². The molecule has 4 heteroatoms. The summed E-state index contributed by atoms with van der Waals surface area (Å²) < 4.78 is 0. The van der Waals surface area contributed by atoms with Crippen LogP contribution in [0.2, 0.25) is 0 Å². The molecule has 0 bridgehead atoms. The number of nitrogens with one attached hydrogen (secondary N) is 1. The first-order valence-electron chi connectivity index (χ1n) is 7.45. The zero-order chi connectivity index (χ0) is 14.6. The molecule has 2 unspecified atom stereocenters. The van der Waals surface area contributed by atoms with Crippen LogP contribution in [0.15, 0.2) is 0 Å². The van der Waals surface area contributed by atoms with Crippen molar-refractivity contribution < 1.29 is 9.59 Å². The molecule has 1 rings (SSSR count). The van der Waals surface area contributed by atoms with Crippen molar-refractivity contribution in [2.45, 2.75) is 66.0 Å². The maximum absolute atomic E-state index is 12.4. The van der Waals surface area contributed by atoms with Crippen molar-refractivity contribution in [1.82, 2.24) is 10.2 Å². The lowest BCUT2D eigenvalue weighted by Crippen LogP contribution is -2.63. The molecule has 0 aromatic heterocycles. The first-order chi connectivity index (χ1) is 8.84. The zero-order valence-electron chi connectivity index (χ0n) is 12.9. The van der Waals surface area contributed by atoms with E-state index in [9.17, 15) is 9.59 Å². The van der Waals surface area contributed by atoms with Crippen LogP contribution in [-0.4, -0.2) is 35.3 Å². The normalized spacial score (nSPS) is 24.3. The number of piperazine rings is 1. The lowest BCUT2D eigenvalue weighted by molar-refractivity contribution is -0.149. The lowest BCUT2D eigenvalue weighted by atomic mass is 9.98. The van der Waals surface area contributed by atoms with Crippen LogP contribution in [-0.2, 0) is 9.59 Å². The summed E-state index contributed by atoms with van der Waals surface area (Å²) in [5, 5.41) is 2.82. The summed E-state index contributed by atoms with van der Waals surface area (Å²) in [7, 11) is 0. The van der Waals surface area contributed by atoms with E-state index in [1.807, 2.05) is 20.8 Å². The summed E-state index contributed by atoms with van der Waals surface area (Å²) in [6.07, 6.45) is 3.27. The molecule has 0 aliphatic carbocycles. The van der Waals surface area contributed by atoms with Gasteiger partial charge < -0.3 is 10.2 Å². The fourth-order valence-corrected chi connectivity index (χ4v) is 2.44. The topological polar surface area (TPSA) is 49.4 Å². The molecule has 0 saturated carbocycles.